The van der Waals surface area contributed by atoms with E-state index in [0.717, 1.165) is 18.8 Å². The Kier molecular flexibility index (Phi) is 4.72. The summed E-state index contributed by atoms with van der Waals surface area (Å²) in [7, 11) is 0. The van der Waals surface area contributed by atoms with E-state index in [-0.39, 0.29) is 0 Å². The maximum Gasteiger partial charge on any atom is 0.175 e. The summed E-state index contributed by atoms with van der Waals surface area (Å²) < 4.78 is 1.69. The zero-order valence-electron chi connectivity index (χ0n) is 12.6. The molecule has 5 heteroatoms. The van der Waals surface area contributed by atoms with E-state index in [2.05, 4.69) is 34.9 Å². The zero-order chi connectivity index (χ0) is 15.2. The molecular formula is C16H19N5. The maximum atomic E-state index is 9.21. The number of nitriles is 1. The number of nitrogens with zero attached hydrogens (tertiary/aromatic N) is 5. The molecule has 0 unspecified atom stereocenters. The number of benzene rings is 1. The molecule has 0 aliphatic heterocycles. The van der Waals surface area contributed by atoms with Crippen LogP contribution in [0.1, 0.15) is 25.0 Å². The normalized spacial score (nSPS) is 10.8. The predicted octanol–water partition coefficient (Wildman–Crippen LogP) is 3.05. The quantitative estimate of drug-likeness (QED) is 0.625. The van der Waals surface area contributed by atoms with Gasteiger partial charge < -0.3 is 4.90 Å². The smallest absolute Gasteiger partial charge is 0.175 e. The Labute approximate surface area is 125 Å². The van der Waals surface area contributed by atoms with Gasteiger partial charge in [-0.1, -0.05) is 17.7 Å². The average Bonchev–Trinajstić information content (AvgIpc) is 2.92. The number of aliphatic imine (C=N–C) groups is 1. The van der Waals surface area contributed by atoms with Gasteiger partial charge in [-0.15, -0.1) is 0 Å². The second kappa shape index (κ2) is 6.71. The van der Waals surface area contributed by atoms with Crippen LogP contribution in [0.3, 0.4) is 0 Å². The van der Waals surface area contributed by atoms with Gasteiger partial charge in [0.1, 0.15) is 11.6 Å². The summed E-state index contributed by atoms with van der Waals surface area (Å²) in [6, 6.07) is 10.1. The fourth-order valence-electron chi connectivity index (χ4n) is 1.94. The van der Waals surface area contributed by atoms with Gasteiger partial charge in [0.15, 0.2) is 5.82 Å². The van der Waals surface area contributed by atoms with E-state index in [4.69, 9.17) is 0 Å². The van der Waals surface area contributed by atoms with Gasteiger partial charge in [0.25, 0.3) is 0 Å². The molecule has 21 heavy (non-hydrogen) atoms. The fourth-order valence-corrected chi connectivity index (χ4v) is 1.94. The van der Waals surface area contributed by atoms with Crippen molar-refractivity contribution >= 4 is 12.2 Å². The topological polar surface area (TPSA) is 57.2 Å². The van der Waals surface area contributed by atoms with Crippen LogP contribution in [0, 0.1) is 18.3 Å². The van der Waals surface area contributed by atoms with Crippen LogP contribution < -0.4 is 0 Å². The van der Waals surface area contributed by atoms with Crippen molar-refractivity contribution < 1.29 is 0 Å². The third kappa shape index (κ3) is 3.29. The highest BCUT2D eigenvalue weighted by molar-refractivity contribution is 5.64. The van der Waals surface area contributed by atoms with Gasteiger partial charge in [-0.25, -0.2) is 9.67 Å². The molecule has 0 saturated heterocycles. The van der Waals surface area contributed by atoms with Crippen LogP contribution in [-0.2, 0) is 0 Å². The number of hydrogen-bond donors (Lipinski definition) is 0. The molecule has 0 bridgehead atoms. The first kappa shape index (κ1) is 14.8. The molecule has 0 N–H and O–H groups in total. The molecule has 108 valence electrons. The summed E-state index contributed by atoms with van der Waals surface area (Å²) in [5, 5.41) is 13.5. The molecule has 0 saturated carbocycles. The molecule has 0 aliphatic rings. The Hall–Kier alpha value is -2.61. The molecule has 1 aromatic heterocycles. The Morgan fingerprint density at radius 1 is 1.29 bits per heavy atom. The highest BCUT2D eigenvalue weighted by Gasteiger charge is 2.11. The van der Waals surface area contributed by atoms with Crippen molar-refractivity contribution in [3.63, 3.8) is 0 Å². The minimum absolute atomic E-state index is 0.471. The predicted molar refractivity (Wildman–Crippen MR) is 84.1 cm³/mol. The molecule has 2 rings (SSSR count). The molecule has 0 amide bonds. The molecule has 0 fully saturated rings. The molecule has 0 aliphatic carbocycles. The molecule has 1 heterocycles. The SMILES string of the molecule is CCN(C=Nc1c(C#N)cnn1-c1ccc(C)cc1)CC. The summed E-state index contributed by atoms with van der Waals surface area (Å²) >= 11 is 0. The Morgan fingerprint density at radius 2 is 1.95 bits per heavy atom. The van der Waals surface area contributed by atoms with E-state index in [9.17, 15) is 5.26 Å². The second-order valence-electron chi connectivity index (χ2n) is 4.71. The van der Waals surface area contributed by atoms with Crippen LogP contribution in [0.15, 0.2) is 35.5 Å². The van der Waals surface area contributed by atoms with E-state index in [1.165, 1.54) is 5.56 Å². The van der Waals surface area contributed by atoms with Crippen molar-refractivity contribution in [2.45, 2.75) is 20.8 Å². The third-order valence-corrected chi connectivity index (χ3v) is 3.30. The molecule has 1 aromatic carbocycles. The van der Waals surface area contributed by atoms with Gasteiger partial charge in [0, 0.05) is 13.1 Å². The van der Waals surface area contributed by atoms with E-state index in [0.29, 0.717) is 11.4 Å². The first-order chi connectivity index (χ1) is 10.2. The Bertz CT molecular complexity index is 657. The molecule has 2 aromatic rings. The Morgan fingerprint density at radius 3 is 2.52 bits per heavy atom. The van der Waals surface area contributed by atoms with E-state index in [1.807, 2.05) is 31.2 Å². The highest BCUT2D eigenvalue weighted by Crippen LogP contribution is 2.22. The van der Waals surface area contributed by atoms with Gasteiger partial charge in [0.05, 0.1) is 18.2 Å². The maximum absolute atomic E-state index is 9.21. The van der Waals surface area contributed by atoms with Gasteiger partial charge in [-0.05, 0) is 32.9 Å². The lowest BCUT2D eigenvalue weighted by atomic mass is 10.2. The van der Waals surface area contributed by atoms with Crippen LogP contribution in [-0.4, -0.2) is 34.1 Å². The fraction of sp³-hybridized carbons (Fsp3) is 0.312. The van der Waals surface area contributed by atoms with Crippen molar-refractivity contribution in [3.05, 3.63) is 41.6 Å². The minimum Gasteiger partial charge on any atom is -0.363 e. The Balaban J connectivity index is 2.42. The van der Waals surface area contributed by atoms with Crippen molar-refractivity contribution in [3.8, 4) is 11.8 Å². The van der Waals surface area contributed by atoms with Crippen LogP contribution in [0.4, 0.5) is 5.82 Å². The van der Waals surface area contributed by atoms with E-state index in [1.54, 1.807) is 17.2 Å². The lowest BCUT2D eigenvalue weighted by molar-refractivity contribution is 0.479. The summed E-state index contributed by atoms with van der Waals surface area (Å²) in [5.41, 5.74) is 2.55. The largest absolute Gasteiger partial charge is 0.363 e. The van der Waals surface area contributed by atoms with Gasteiger partial charge in [-0.3, -0.25) is 0 Å². The molecular weight excluding hydrogens is 262 g/mol. The number of hydrogen-bond acceptors (Lipinski definition) is 3. The first-order valence-corrected chi connectivity index (χ1v) is 7.03. The van der Waals surface area contributed by atoms with Crippen molar-refractivity contribution in [1.82, 2.24) is 14.7 Å². The summed E-state index contributed by atoms with van der Waals surface area (Å²) in [6.07, 6.45) is 3.32. The van der Waals surface area contributed by atoms with Crippen LogP contribution in [0.25, 0.3) is 5.69 Å². The van der Waals surface area contributed by atoms with Crippen LogP contribution in [0.5, 0.6) is 0 Å². The van der Waals surface area contributed by atoms with E-state index >= 15 is 0 Å². The second-order valence-corrected chi connectivity index (χ2v) is 4.71. The number of aryl methyl sites for hydroxylation is 1. The molecule has 5 nitrogen and oxygen atoms in total. The molecule has 0 spiro atoms. The molecule has 0 atom stereocenters. The standard InChI is InChI=1S/C16H19N5/c1-4-20(5-2)12-18-16-14(10-17)11-19-21(16)15-8-6-13(3)7-9-15/h6-9,11-12H,4-5H2,1-3H3. The number of aromatic nitrogens is 2. The van der Waals surface area contributed by atoms with Crippen LogP contribution in [0.2, 0.25) is 0 Å². The lowest BCUT2D eigenvalue weighted by Gasteiger charge is -2.13. The molecule has 0 radical (unpaired) electrons. The average molecular weight is 281 g/mol. The number of rotatable bonds is 5. The summed E-state index contributed by atoms with van der Waals surface area (Å²) in [5.74, 6) is 0.563. The summed E-state index contributed by atoms with van der Waals surface area (Å²) in [6.45, 7) is 7.92. The monoisotopic (exact) mass is 281 g/mol. The van der Waals surface area contributed by atoms with E-state index < -0.39 is 0 Å². The van der Waals surface area contributed by atoms with Crippen molar-refractivity contribution in [2.75, 3.05) is 13.1 Å². The highest BCUT2D eigenvalue weighted by atomic mass is 15.3. The lowest BCUT2D eigenvalue weighted by Crippen LogP contribution is -2.20. The van der Waals surface area contributed by atoms with Gasteiger partial charge in [-0.2, -0.15) is 10.4 Å². The van der Waals surface area contributed by atoms with Gasteiger partial charge >= 0.3 is 0 Å². The first-order valence-electron chi connectivity index (χ1n) is 7.03. The zero-order valence-corrected chi connectivity index (χ0v) is 12.6. The minimum atomic E-state index is 0.471. The van der Waals surface area contributed by atoms with Crippen LogP contribution >= 0.6 is 0 Å². The summed E-state index contributed by atoms with van der Waals surface area (Å²) in [4.78, 5) is 6.52. The van der Waals surface area contributed by atoms with Crippen molar-refractivity contribution in [1.29, 1.82) is 5.26 Å². The van der Waals surface area contributed by atoms with Crippen molar-refractivity contribution in [2.24, 2.45) is 4.99 Å². The third-order valence-electron chi connectivity index (χ3n) is 3.30. The van der Waals surface area contributed by atoms with Gasteiger partial charge in [0.2, 0.25) is 0 Å².